The molecule has 9 rings (SSSR count). The van der Waals surface area contributed by atoms with Gasteiger partial charge in [-0.1, -0.05) is 111 Å². The van der Waals surface area contributed by atoms with Gasteiger partial charge in [0, 0.05) is 30.4 Å². The first kappa shape index (κ1) is 37.4. The van der Waals surface area contributed by atoms with E-state index in [9.17, 15) is 0 Å². The van der Waals surface area contributed by atoms with Gasteiger partial charge in [0.05, 0.1) is 22.5 Å². The molecule has 0 atom stereocenters. The van der Waals surface area contributed by atoms with Crippen molar-refractivity contribution in [2.24, 2.45) is 0 Å². The van der Waals surface area contributed by atoms with Crippen molar-refractivity contribution in [1.82, 2.24) is 14.5 Å². The molecule has 0 aliphatic carbocycles. The molecule has 0 bridgehead atoms. The van der Waals surface area contributed by atoms with Crippen LogP contribution in [0.25, 0.3) is 70.7 Å². The van der Waals surface area contributed by atoms with Gasteiger partial charge in [0.25, 0.3) is 0 Å². The fourth-order valence-corrected chi connectivity index (χ4v) is 12.2. The Bertz CT molecular complexity index is 3060. The van der Waals surface area contributed by atoms with E-state index < -0.39 is 26.0 Å². The molecular weight excluding hydrogens is 975 g/mol. The average molecular weight is 1030 g/mol. The number of fused-ring (bicyclic) bond motifs is 4. The summed E-state index contributed by atoms with van der Waals surface area (Å²) < 4.78 is 36.9. The van der Waals surface area contributed by atoms with Gasteiger partial charge in [0.2, 0.25) is 0 Å². The molecule has 3 heterocycles. The average Bonchev–Trinajstić information content (AvgIpc) is 3.81. The van der Waals surface area contributed by atoms with Gasteiger partial charge >= 0.3 is 131 Å². The molecule has 299 valence electrons. The molecule has 59 heavy (non-hydrogen) atoms. The summed E-state index contributed by atoms with van der Waals surface area (Å²) in [6, 6.07) is 52.2. The number of rotatable bonds is 6. The summed E-state index contributed by atoms with van der Waals surface area (Å²) in [5.74, 6) is 7.11. The van der Waals surface area contributed by atoms with Crippen LogP contribution in [-0.4, -0.2) is 27.8 Å². The minimum Gasteiger partial charge on any atom is 0 e. The number of para-hydroxylation sites is 3. The molecule has 1 radical (unpaired) electrons. The molecule has 9 aromatic rings. The molecule has 6 aromatic carbocycles. The van der Waals surface area contributed by atoms with Crippen LogP contribution in [0.5, 0.6) is 0 Å². The van der Waals surface area contributed by atoms with Crippen molar-refractivity contribution in [1.29, 1.82) is 0 Å². The van der Waals surface area contributed by atoms with E-state index in [-0.39, 0.29) is 31.1 Å². The first-order valence-electron chi connectivity index (χ1n) is 21.8. The number of hydrogen-bond acceptors (Lipinski definition) is 3. The summed E-state index contributed by atoms with van der Waals surface area (Å²) in [5.41, 5.74) is 10.7. The molecule has 0 unspecified atom stereocenters. The molecule has 0 spiro atoms. The molecule has 3 aromatic heterocycles. The van der Waals surface area contributed by atoms with Gasteiger partial charge in [-0.2, -0.15) is 11.3 Å². The summed E-state index contributed by atoms with van der Waals surface area (Å²) in [5, 5.41) is 2.54. The summed E-state index contributed by atoms with van der Waals surface area (Å²) in [6.45, 7) is 8.53. The Balaban J connectivity index is 0.000000207. The van der Waals surface area contributed by atoms with E-state index in [4.69, 9.17) is 10.5 Å². The Labute approximate surface area is 375 Å². The van der Waals surface area contributed by atoms with Crippen LogP contribution >= 0.6 is 11.3 Å². The van der Waals surface area contributed by atoms with Crippen molar-refractivity contribution in [3.8, 4) is 39.5 Å². The Morgan fingerprint density at radius 2 is 1.56 bits per heavy atom. The second-order valence-electron chi connectivity index (χ2n) is 17.1. The zero-order valence-electron chi connectivity index (χ0n) is 38.9. The van der Waals surface area contributed by atoms with Crippen LogP contribution in [0.1, 0.15) is 62.7 Å². The van der Waals surface area contributed by atoms with Crippen molar-refractivity contribution in [2.45, 2.75) is 70.0 Å². The Morgan fingerprint density at radius 1 is 0.814 bits per heavy atom. The van der Waals surface area contributed by atoms with E-state index in [1.165, 1.54) is 53.0 Å². The molecular formula is C53H51GeIrN3S-2. The van der Waals surface area contributed by atoms with Gasteiger partial charge in [-0.25, -0.2) is 0 Å². The summed E-state index contributed by atoms with van der Waals surface area (Å²) in [4.78, 5) is 9.85. The van der Waals surface area contributed by atoms with Crippen LogP contribution < -0.4 is 4.40 Å². The predicted molar refractivity (Wildman–Crippen MR) is 253 cm³/mol. The number of nitrogens with zero attached hydrogens (tertiary/aromatic N) is 3. The normalized spacial score (nSPS) is 13.2. The zero-order valence-corrected chi connectivity index (χ0v) is 40.2. The molecule has 6 heteroatoms. The van der Waals surface area contributed by atoms with Crippen LogP contribution in [0, 0.1) is 19.0 Å². The van der Waals surface area contributed by atoms with E-state index in [1.54, 1.807) is 12.1 Å². The number of aryl methyl sites for hydroxylation is 1. The summed E-state index contributed by atoms with van der Waals surface area (Å²) in [7, 11) is 0. The van der Waals surface area contributed by atoms with Gasteiger partial charge < -0.3 is 4.57 Å². The largest absolute Gasteiger partial charge is 0 e. The van der Waals surface area contributed by atoms with E-state index in [2.05, 4.69) is 163 Å². The number of benzene rings is 6. The third-order valence-electron chi connectivity index (χ3n) is 10.6. The number of imidazole rings is 1. The minimum atomic E-state index is -2.14. The maximum atomic E-state index is 8.49. The molecule has 0 aliphatic rings. The topological polar surface area (TPSA) is 30.7 Å². The molecule has 0 amide bonds. The first-order chi connectivity index (χ1) is 29.3. The van der Waals surface area contributed by atoms with Crippen molar-refractivity contribution >= 4 is 60.2 Å². The molecule has 0 aliphatic heterocycles. The first-order valence-corrected chi connectivity index (χ1v) is 28.0. The SMILES string of the molecule is CC(C)(C)c1cccc(-c2ccccc2)c1-n1c(-c2[c-]ccc3c2sc2ccccc23)nc2ccccc21.[2H]C([2H])([2H])c1c[c-]c(-c2cc(C([2H])(C)C)[c]([Ge]([CH3])([CH3])[CH3])cn2)cc1.[Ir]. The molecule has 0 N–H and O–H groups in total. The second kappa shape index (κ2) is 17.1. The van der Waals surface area contributed by atoms with Crippen LogP contribution in [0.2, 0.25) is 17.3 Å². The quantitative estimate of drug-likeness (QED) is 0.123. The smallest absolute Gasteiger partial charge is 0 e. The molecule has 0 saturated carbocycles. The number of thiophene rings is 1. The monoisotopic (exact) mass is 1030 g/mol. The van der Waals surface area contributed by atoms with Crippen molar-refractivity contribution in [3.05, 3.63) is 168 Å². The van der Waals surface area contributed by atoms with E-state index in [0.717, 1.165) is 39.2 Å². The van der Waals surface area contributed by atoms with Crippen molar-refractivity contribution in [2.75, 3.05) is 0 Å². The summed E-state index contributed by atoms with van der Waals surface area (Å²) in [6.07, 6.45) is 1.91. The van der Waals surface area contributed by atoms with Gasteiger partial charge in [0.15, 0.2) is 0 Å². The molecule has 3 nitrogen and oxygen atoms in total. The van der Waals surface area contributed by atoms with Crippen LogP contribution in [0.4, 0.5) is 0 Å². The van der Waals surface area contributed by atoms with Gasteiger partial charge in [-0.05, 0) is 44.8 Å². The Morgan fingerprint density at radius 3 is 2.27 bits per heavy atom. The van der Waals surface area contributed by atoms with Crippen molar-refractivity contribution < 1.29 is 25.6 Å². The summed E-state index contributed by atoms with van der Waals surface area (Å²) >= 11 is -0.318. The molecule has 0 saturated heterocycles. The third kappa shape index (κ3) is 8.54. The number of hydrogen-bond donors (Lipinski definition) is 0. The third-order valence-corrected chi connectivity index (χ3v) is 16.0. The Kier molecular flexibility index (Phi) is 10.9. The Hall–Kier alpha value is -4.65. The van der Waals surface area contributed by atoms with Crippen molar-refractivity contribution in [3.63, 3.8) is 0 Å². The fourth-order valence-electron chi connectivity index (χ4n) is 7.72. The van der Waals surface area contributed by atoms with Gasteiger partial charge in [0.1, 0.15) is 0 Å². The van der Waals surface area contributed by atoms with Crippen LogP contribution in [0.15, 0.2) is 140 Å². The predicted octanol–water partition coefficient (Wildman–Crippen LogP) is 14.3. The maximum absolute atomic E-state index is 8.49. The minimum absolute atomic E-state index is 0. The standard InChI is InChI=1S/C35H27N2S.C18H24GeN.Ir/c1-35(2,3)28-19-12-16-24(23-13-5-4-6-14-23)32(28)37-30-21-9-8-20-29(30)36-34(37)27-18-11-17-26-25-15-7-10-22-31(25)38-33(26)27;1-13(2)16-11-18(15-9-7-14(3)8-10-15)20-12-17(16)19(4,5)6;/h4-17,19-22H,1-3H3;7-9,11-13H,1-6H3;/q2*-1;/i;3D3,13D;. The molecule has 0 fully saturated rings. The van der Waals surface area contributed by atoms with Crippen LogP contribution in [0.3, 0.4) is 0 Å². The number of aromatic nitrogens is 3. The number of pyridine rings is 1. The zero-order chi connectivity index (χ0) is 44.2. The van der Waals surface area contributed by atoms with Crippen LogP contribution in [-0.2, 0) is 25.5 Å². The van der Waals surface area contributed by atoms with E-state index >= 15 is 0 Å². The van der Waals surface area contributed by atoms with Gasteiger partial charge in [-0.3, -0.25) is 4.98 Å². The van der Waals surface area contributed by atoms with E-state index in [0.29, 0.717) is 0 Å². The maximum Gasteiger partial charge on any atom is 0 e. The van der Waals surface area contributed by atoms with E-state index in [1.807, 2.05) is 43.5 Å². The van der Waals surface area contributed by atoms with Gasteiger partial charge in [-0.15, -0.1) is 18.2 Å². The second-order valence-corrected chi connectivity index (χ2v) is 28.8. The fraction of sp³-hybridized carbons (Fsp3) is 0.208.